The zero-order valence-electron chi connectivity index (χ0n) is 7.53. The second-order valence-corrected chi connectivity index (χ2v) is 3.31. The Kier molecular flexibility index (Phi) is 3.99. The van der Waals surface area contributed by atoms with Crippen LogP contribution in [0.2, 0.25) is 0 Å². The highest BCUT2D eigenvalue weighted by Crippen LogP contribution is 2.21. The average molecular weight is 196 g/mol. The van der Waals surface area contributed by atoms with Gasteiger partial charge in [0.2, 0.25) is 0 Å². The predicted molar refractivity (Wildman–Crippen MR) is 44.6 cm³/mol. The molecule has 1 saturated heterocycles. The van der Waals surface area contributed by atoms with E-state index in [1.54, 1.807) is 0 Å². The van der Waals surface area contributed by atoms with E-state index in [0.717, 1.165) is 26.2 Å². The monoisotopic (exact) mass is 196 g/mol. The van der Waals surface area contributed by atoms with Gasteiger partial charge >= 0.3 is 6.18 Å². The minimum atomic E-state index is -3.99. The van der Waals surface area contributed by atoms with Gasteiger partial charge in [0.25, 0.3) is 0 Å². The summed E-state index contributed by atoms with van der Waals surface area (Å²) in [6.45, 7) is 4.11. The molecule has 0 radical (unpaired) electrons. The van der Waals surface area contributed by atoms with Gasteiger partial charge < -0.3 is 10.2 Å². The molecule has 0 aliphatic carbocycles. The Balaban J connectivity index is 2.04. The third-order valence-corrected chi connectivity index (χ3v) is 2.14. The lowest BCUT2D eigenvalue weighted by Crippen LogP contribution is -2.43. The van der Waals surface area contributed by atoms with Crippen LogP contribution >= 0.6 is 0 Å². The van der Waals surface area contributed by atoms with E-state index in [-0.39, 0.29) is 6.42 Å². The van der Waals surface area contributed by atoms with Crippen molar-refractivity contribution < 1.29 is 13.2 Å². The summed E-state index contributed by atoms with van der Waals surface area (Å²) in [5, 5.41) is 3.16. The molecular weight excluding hydrogens is 181 g/mol. The lowest BCUT2D eigenvalue weighted by atomic mass is 10.2. The largest absolute Gasteiger partial charge is 0.389 e. The van der Waals surface area contributed by atoms with Crippen LogP contribution < -0.4 is 5.32 Å². The van der Waals surface area contributed by atoms with Crippen molar-refractivity contribution in [3.8, 4) is 0 Å². The normalized spacial score (nSPS) is 20.5. The van der Waals surface area contributed by atoms with Gasteiger partial charge in [0.1, 0.15) is 0 Å². The van der Waals surface area contributed by atoms with Crippen molar-refractivity contribution in [2.24, 2.45) is 0 Å². The minimum Gasteiger partial charge on any atom is -0.314 e. The second-order valence-electron chi connectivity index (χ2n) is 3.31. The molecule has 0 unspecified atom stereocenters. The summed E-state index contributed by atoms with van der Waals surface area (Å²) in [6, 6.07) is 0. The van der Waals surface area contributed by atoms with Crippen LogP contribution in [0.25, 0.3) is 0 Å². The first-order chi connectivity index (χ1) is 6.08. The van der Waals surface area contributed by atoms with Crippen molar-refractivity contribution in [3.05, 3.63) is 0 Å². The van der Waals surface area contributed by atoms with Crippen LogP contribution in [0, 0.1) is 0 Å². The molecule has 13 heavy (non-hydrogen) atoms. The Morgan fingerprint density at radius 2 is 1.77 bits per heavy atom. The van der Waals surface area contributed by atoms with Crippen LogP contribution in [0.4, 0.5) is 13.2 Å². The zero-order valence-corrected chi connectivity index (χ0v) is 7.53. The van der Waals surface area contributed by atoms with Crippen molar-refractivity contribution in [1.29, 1.82) is 0 Å². The van der Waals surface area contributed by atoms with Gasteiger partial charge in [0.05, 0.1) is 0 Å². The van der Waals surface area contributed by atoms with E-state index in [9.17, 15) is 13.2 Å². The predicted octanol–water partition coefficient (Wildman–Crippen LogP) is 1.23. The first-order valence-corrected chi connectivity index (χ1v) is 4.58. The van der Waals surface area contributed by atoms with Crippen molar-refractivity contribution in [3.63, 3.8) is 0 Å². The number of halogens is 3. The first kappa shape index (κ1) is 10.8. The smallest absolute Gasteiger partial charge is 0.314 e. The maximum Gasteiger partial charge on any atom is 0.389 e. The molecule has 1 rings (SSSR count). The number of rotatable bonds is 3. The molecule has 0 bridgehead atoms. The Bertz CT molecular complexity index is 141. The van der Waals surface area contributed by atoms with E-state index in [2.05, 4.69) is 10.2 Å². The third kappa shape index (κ3) is 5.10. The molecule has 1 N–H and O–H groups in total. The number of hydrogen-bond acceptors (Lipinski definition) is 2. The maximum absolute atomic E-state index is 11.8. The first-order valence-electron chi connectivity index (χ1n) is 4.58. The third-order valence-electron chi connectivity index (χ3n) is 2.14. The molecule has 78 valence electrons. The van der Waals surface area contributed by atoms with Crippen LogP contribution in [0.15, 0.2) is 0 Å². The van der Waals surface area contributed by atoms with Crippen LogP contribution in [0.3, 0.4) is 0 Å². The highest BCUT2D eigenvalue weighted by molar-refractivity contribution is 4.67. The Morgan fingerprint density at radius 1 is 1.15 bits per heavy atom. The second kappa shape index (κ2) is 4.81. The van der Waals surface area contributed by atoms with E-state index in [0.29, 0.717) is 6.54 Å². The van der Waals surface area contributed by atoms with Gasteiger partial charge in [0.15, 0.2) is 0 Å². The highest BCUT2D eigenvalue weighted by Gasteiger charge is 2.26. The lowest BCUT2D eigenvalue weighted by Gasteiger charge is -2.27. The molecule has 1 heterocycles. The maximum atomic E-state index is 11.8. The molecule has 0 saturated carbocycles. The molecule has 0 aromatic carbocycles. The summed E-state index contributed by atoms with van der Waals surface area (Å²) in [4.78, 5) is 2.07. The minimum absolute atomic E-state index is 0.226. The molecule has 0 spiro atoms. The lowest BCUT2D eigenvalue weighted by molar-refractivity contribution is -0.136. The fraction of sp³-hybridized carbons (Fsp3) is 1.00. The summed E-state index contributed by atoms with van der Waals surface area (Å²) in [7, 11) is 0. The number of nitrogens with one attached hydrogen (secondary N) is 1. The standard InChI is InChI=1S/C8H15F3N2/c9-8(10,11)2-1-5-13-6-3-12-4-7-13/h12H,1-7H2. The van der Waals surface area contributed by atoms with Crippen LogP contribution in [-0.2, 0) is 0 Å². The van der Waals surface area contributed by atoms with Crippen molar-refractivity contribution >= 4 is 0 Å². The average Bonchev–Trinajstić information content (AvgIpc) is 2.04. The van der Waals surface area contributed by atoms with Gasteiger partial charge in [-0.15, -0.1) is 0 Å². The van der Waals surface area contributed by atoms with E-state index in [4.69, 9.17) is 0 Å². The van der Waals surface area contributed by atoms with E-state index in [1.807, 2.05) is 0 Å². The number of alkyl halides is 3. The van der Waals surface area contributed by atoms with Crippen LogP contribution in [0.5, 0.6) is 0 Å². The van der Waals surface area contributed by atoms with Gasteiger partial charge in [-0.2, -0.15) is 13.2 Å². The number of piperazine rings is 1. The Labute approximate surface area is 76.1 Å². The molecule has 0 aromatic heterocycles. The fourth-order valence-electron chi connectivity index (χ4n) is 1.44. The molecule has 2 nitrogen and oxygen atoms in total. The highest BCUT2D eigenvalue weighted by atomic mass is 19.4. The van der Waals surface area contributed by atoms with E-state index in [1.165, 1.54) is 0 Å². The van der Waals surface area contributed by atoms with Crippen LogP contribution in [-0.4, -0.2) is 43.8 Å². The summed E-state index contributed by atoms with van der Waals surface area (Å²) in [5.41, 5.74) is 0. The van der Waals surface area contributed by atoms with Crippen molar-refractivity contribution in [2.75, 3.05) is 32.7 Å². The van der Waals surface area contributed by atoms with Crippen molar-refractivity contribution in [2.45, 2.75) is 19.0 Å². The Morgan fingerprint density at radius 3 is 2.31 bits per heavy atom. The number of nitrogens with zero attached hydrogens (tertiary/aromatic N) is 1. The Hall–Kier alpha value is -0.290. The quantitative estimate of drug-likeness (QED) is 0.730. The molecule has 0 atom stereocenters. The summed E-state index contributed by atoms with van der Waals surface area (Å²) in [6.07, 6.45) is -4.42. The fourth-order valence-corrected chi connectivity index (χ4v) is 1.44. The van der Waals surface area contributed by atoms with Crippen LogP contribution in [0.1, 0.15) is 12.8 Å². The summed E-state index contributed by atoms with van der Waals surface area (Å²) >= 11 is 0. The molecule has 5 heteroatoms. The van der Waals surface area contributed by atoms with Gasteiger partial charge in [-0.05, 0) is 13.0 Å². The SMILES string of the molecule is FC(F)(F)CCCN1CCNCC1. The van der Waals surface area contributed by atoms with Gasteiger partial charge in [-0.25, -0.2) is 0 Å². The zero-order chi connectivity index (χ0) is 9.73. The van der Waals surface area contributed by atoms with Gasteiger partial charge in [-0.1, -0.05) is 0 Å². The topological polar surface area (TPSA) is 15.3 Å². The molecular formula is C8H15F3N2. The van der Waals surface area contributed by atoms with Crippen molar-refractivity contribution in [1.82, 2.24) is 10.2 Å². The molecule has 0 amide bonds. The number of hydrogen-bond donors (Lipinski definition) is 1. The molecule has 0 aromatic rings. The van der Waals surface area contributed by atoms with Gasteiger partial charge in [0, 0.05) is 32.6 Å². The molecule has 1 aliphatic heterocycles. The van der Waals surface area contributed by atoms with E-state index >= 15 is 0 Å². The van der Waals surface area contributed by atoms with Gasteiger partial charge in [-0.3, -0.25) is 0 Å². The molecule has 1 aliphatic rings. The molecule has 1 fully saturated rings. The summed E-state index contributed by atoms with van der Waals surface area (Å²) in [5.74, 6) is 0. The summed E-state index contributed by atoms with van der Waals surface area (Å²) < 4.78 is 35.3. The van der Waals surface area contributed by atoms with E-state index < -0.39 is 12.6 Å².